The number of ether oxygens (including phenoxy) is 1. The Morgan fingerprint density at radius 2 is 2.00 bits per heavy atom. The van der Waals surface area contributed by atoms with Gasteiger partial charge in [-0.1, -0.05) is 29.8 Å². The molecule has 1 atom stereocenters. The van der Waals surface area contributed by atoms with Crippen LogP contribution in [0.15, 0.2) is 33.7 Å². The summed E-state index contributed by atoms with van der Waals surface area (Å²) in [6.45, 7) is 5.05. The van der Waals surface area contributed by atoms with Crippen molar-refractivity contribution in [1.29, 1.82) is 0 Å². The zero-order valence-corrected chi connectivity index (χ0v) is 10.5. The van der Waals surface area contributed by atoms with Gasteiger partial charge in [0.1, 0.15) is 6.61 Å². The first-order chi connectivity index (χ1) is 7.16. The van der Waals surface area contributed by atoms with Crippen molar-refractivity contribution in [3.63, 3.8) is 0 Å². The predicted molar refractivity (Wildman–Crippen MR) is 65.3 cm³/mol. The number of aliphatic imine (C=N–C) groups is 1. The lowest BCUT2D eigenvalue weighted by molar-refractivity contribution is 0.292. The quantitative estimate of drug-likeness (QED) is 0.806. The number of nitrogens with zero attached hydrogens (tertiary/aromatic N) is 1. The Morgan fingerprint density at radius 3 is 2.53 bits per heavy atom. The maximum absolute atomic E-state index is 5.59. The van der Waals surface area contributed by atoms with Crippen molar-refractivity contribution in [1.82, 2.24) is 0 Å². The van der Waals surface area contributed by atoms with Crippen LogP contribution in [0, 0.1) is 5.92 Å². The van der Waals surface area contributed by atoms with E-state index in [2.05, 4.69) is 34.8 Å². The fraction of sp³-hybridized carbons (Fsp3) is 0.417. The molecule has 0 fully saturated rings. The van der Waals surface area contributed by atoms with Crippen LogP contribution >= 0.6 is 15.9 Å². The van der Waals surface area contributed by atoms with Crippen molar-refractivity contribution < 1.29 is 4.74 Å². The summed E-state index contributed by atoms with van der Waals surface area (Å²) in [5, 5.41) is 0. The van der Waals surface area contributed by atoms with Crippen molar-refractivity contribution in [3.8, 4) is 0 Å². The molecule has 2 nitrogen and oxygen atoms in total. The minimum absolute atomic E-state index is 0.309. The third-order valence-electron chi connectivity index (χ3n) is 2.53. The largest absolute Gasteiger partial charge is 0.475 e. The minimum Gasteiger partial charge on any atom is -0.475 e. The molecule has 0 bridgehead atoms. The van der Waals surface area contributed by atoms with E-state index in [4.69, 9.17) is 4.74 Å². The van der Waals surface area contributed by atoms with E-state index in [1.165, 1.54) is 0 Å². The van der Waals surface area contributed by atoms with Crippen LogP contribution < -0.4 is 0 Å². The topological polar surface area (TPSA) is 21.6 Å². The van der Waals surface area contributed by atoms with Crippen LogP contribution in [0.1, 0.15) is 19.4 Å². The number of hydrogen-bond donors (Lipinski definition) is 0. The fourth-order valence-corrected chi connectivity index (χ4v) is 1.75. The minimum atomic E-state index is 0.309. The molecule has 0 amide bonds. The van der Waals surface area contributed by atoms with Gasteiger partial charge in [-0.2, -0.15) is 0 Å². The van der Waals surface area contributed by atoms with Gasteiger partial charge in [0.05, 0.1) is 6.04 Å². The van der Waals surface area contributed by atoms with Crippen LogP contribution in [0.25, 0.3) is 0 Å². The summed E-state index contributed by atoms with van der Waals surface area (Å²) < 4.78 is 6.66. The van der Waals surface area contributed by atoms with Gasteiger partial charge in [0.25, 0.3) is 0 Å². The van der Waals surface area contributed by atoms with Gasteiger partial charge in [0.2, 0.25) is 5.90 Å². The van der Waals surface area contributed by atoms with E-state index < -0.39 is 0 Å². The highest BCUT2D eigenvalue weighted by molar-refractivity contribution is 9.10. The van der Waals surface area contributed by atoms with Crippen molar-refractivity contribution in [2.45, 2.75) is 19.9 Å². The molecule has 80 valence electrons. The van der Waals surface area contributed by atoms with Crippen LogP contribution in [0.2, 0.25) is 0 Å². The van der Waals surface area contributed by atoms with Crippen molar-refractivity contribution in [2.24, 2.45) is 10.9 Å². The van der Waals surface area contributed by atoms with Gasteiger partial charge in [0, 0.05) is 10.0 Å². The summed E-state index contributed by atoms with van der Waals surface area (Å²) in [4.78, 5) is 4.57. The molecule has 0 spiro atoms. The van der Waals surface area contributed by atoms with E-state index in [0.717, 1.165) is 15.9 Å². The Balaban J connectivity index is 2.19. The second-order valence-corrected chi connectivity index (χ2v) is 4.98. The van der Waals surface area contributed by atoms with E-state index in [9.17, 15) is 0 Å². The average Bonchev–Trinajstić information content (AvgIpc) is 2.68. The monoisotopic (exact) mass is 267 g/mol. The molecular weight excluding hydrogens is 254 g/mol. The second kappa shape index (κ2) is 4.35. The van der Waals surface area contributed by atoms with Gasteiger partial charge < -0.3 is 4.74 Å². The fourth-order valence-electron chi connectivity index (χ4n) is 1.48. The van der Waals surface area contributed by atoms with Crippen molar-refractivity contribution in [3.05, 3.63) is 34.3 Å². The third-order valence-corrected chi connectivity index (χ3v) is 3.06. The maximum atomic E-state index is 5.59. The van der Waals surface area contributed by atoms with Crippen LogP contribution in [-0.2, 0) is 4.74 Å². The zero-order chi connectivity index (χ0) is 10.8. The smallest absolute Gasteiger partial charge is 0.216 e. The number of hydrogen-bond acceptors (Lipinski definition) is 2. The summed E-state index contributed by atoms with van der Waals surface area (Å²) in [6.07, 6.45) is 0. The van der Waals surface area contributed by atoms with Crippen LogP contribution in [0.5, 0.6) is 0 Å². The lowest BCUT2D eigenvalue weighted by atomic mass is 10.1. The van der Waals surface area contributed by atoms with Crippen molar-refractivity contribution >= 4 is 21.8 Å². The van der Waals surface area contributed by atoms with Gasteiger partial charge >= 0.3 is 0 Å². The number of halogens is 1. The lowest BCUT2D eigenvalue weighted by Gasteiger charge is -2.06. The Morgan fingerprint density at radius 1 is 1.33 bits per heavy atom. The van der Waals surface area contributed by atoms with Crippen molar-refractivity contribution in [2.75, 3.05) is 6.61 Å². The highest BCUT2D eigenvalue weighted by atomic mass is 79.9. The van der Waals surface area contributed by atoms with E-state index in [1.54, 1.807) is 0 Å². The molecule has 0 aliphatic carbocycles. The summed E-state index contributed by atoms with van der Waals surface area (Å²) in [6, 6.07) is 8.36. The van der Waals surface area contributed by atoms with E-state index in [-0.39, 0.29) is 0 Å². The van der Waals surface area contributed by atoms with Gasteiger partial charge in [0.15, 0.2) is 0 Å². The van der Waals surface area contributed by atoms with Gasteiger partial charge in [-0.05, 0) is 30.2 Å². The molecule has 0 saturated heterocycles. The molecule has 0 saturated carbocycles. The molecule has 1 aliphatic heterocycles. The second-order valence-electron chi connectivity index (χ2n) is 4.06. The lowest BCUT2D eigenvalue weighted by Crippen LogP contribution is -2.13. The molecule has 15 heavy (non-hydrogen) atoms. The molecular formula is C12H14BrNO. The SMILES string of the molecule is CC(C)[C@H]1COC(c2ccc(Br)cc2)=N1. The Kier molecular flexibility index (Phi) is 3.10. The van der Waals surface area contributed by atoms with Gasteiger partial charge in [-0.25, -0.2) is 4.99 Å². The summed E-state index contributed by atoms with van der Waals surface area (Å²) >= 11 is 3.41. The molecule has 1 aliphatic rings. The maximum Gasteiger partial charge on any atom is 0.216 e. The Hall–Kier alpha value is -0.830. The predicted octanol–water partition coefficient (Wildman–Crippen LogP) is 3.25. The normalized spacial score (nSPS) is 20.3. The van der Waals surface area contributed by atoms with E-state index in [1.807, 2.05) is 24.3 Å². The summed E-state index contributed by atoms with van der Waals surface area (Å²) in [7, 11) is 0. The van der Waals surface area contributed by atoms with Crippen LogP contribution in [0.3, 0.4) is 0 Å². The molecule has 3 heteroatoms. The molecule has 1 aromatic rings. The third kappa shape index (κ3) is 2.40. The molecule has 1 aromatic carbocycles. The molecule has 0 aromatic heterocycles. The first-order valence-corrected chi connectivity index (χ1v) is 5.92. The van der Waals surface area contributed by atoms with E-state index in [0.29, 0.717) is 18.6 Å². The standard InChI is InChI=1S/C12H14BrNO/c1-8(2)11-7-15-12(14-11)9-3-5-10(13)6-4-9/h3-6,8,11H,7H2,1-2H3/t11-/m1/s1. The first-order valence-electron chi connectivity index (χ1n) is 5.13. The highest BCUT2D eigenvalue weighted by Crippen LogP contribution is 2.18. The van der Waals surface area contributed by atoms with Gasteiger partial charge in [-0.3, -0.25) is 0 Å². The molecule has 0 unspecified atom stereocenters. The van der Waals surface area contributed by atoms with Crippen LogP contribution in [0.4, 0.5) is 0 Å². The summed E-state index contributed by atoms with van der Waals surface area (Å²) in [5.74, 6) is 1.32. The molecule has 1 heterocycles. The summed E-state index contributed by atoms with van der Waals surface area (Å²) in [5.41, 5.74) is 1.06. The average molecular weight is 268 g/mol. The molecule has 0 radical (unpaired) electrons. The highest BCUT2D eigenvalue weighted by Gasteiger charge is 2.22. The molecule has 2 rings (SSSR count). The zero-order valence-electron chi connectivity index (χ0n) is 8.90. The Bertz CT molecular complexity index is 370. The van der Waals surface area contributed by atoms with Gasteiger partial charge in [-0.15, -0.1) is 0 Å². The number of benzene rings is 1. The Labute approximate surface area is 98.5 Å². The van der Waals surface area contributed by atoms with Crippen LogP contribution in [-0.4, -0.2) is 18.5 Å². The molecule has 0 N–H and O–H groups in total. The number of rotatable bonds is 2. The van der Waals surface area contributed by atoms with E-state index >= 15 is 0 Å². The first kappa shape index (κ1) is 10.7.